The largest absolute Gasteiger partial charge is 0.348 e. The predicted molar refractivity (Wildman–Crippen MR) is 146 cm³/mol. The highest BCUT2D eigenvalue weighted by molar-refractivity contribution is 5.85. The Balaban J connectivity index is -0.00000240. The smallest absolute Gasteiger partial charge is 0.339 e. The Morgan fingerprint density at radius 2 is 1.32 bits per heavy atom. The highest BCUT2D eigenvalue weighted by Gasteiger charge is 2.16. The maximum atomic E-state index is 12.0. The predicted octanol–water partition coefficient (Wildman–Crippen LogP) is 4.94. The molecule has 1 atom stereocenters. The number of hydroxylamine groups is 1. The van der Waals surface area contributed by atoms with E-state index in [0.29, 0.717) is 13.0 Å². The maximum absolute atomic E-state index is 12.0. The lowest BCUT2D eigenvalue weighted by Gasteiger charge is -2.11. The molecule has 5 N–H and O–H groups in total. The lowest BCUT2D eigenvalue weighted by Crippen LogP contribution is -2.38. The number of nitrogens with two attached hydrogens (primary N) is 2. The van der Waals surface area contributed by atoms with Gasteiger partial charge < -0.3 is 16.3 Å². The summed E-state index contributed by atoms with van der Waals surface area (Å²) in [7, 11) is 0. The number of hydrogen-bond donors (Lipinski definition) is 3. The van der Waals surface area contributed by atoms with E-state index >= 15 is 0 Å². The molecule has 0 fully saturated rings. The zero-order valence-electron chi connectivity index (χ0n) is 18.3. The molecule has 0 radical (unpaired) electrons. The van der Waals surface area contributed by atoms with Crippen molar-refractivity contribution < 1.29 is 14.4 Å². The van der Waals surface area contributed by atoms with E-state index in [1.807, 2.05) is 30.3 Å². The Hall–Kier alpha value is -2.12. The summed E-state index contributed by atoms with van der Waals surface area (Å²) < 4.78 is 0. The topological polar surface area (TPSA) is 107 Å². The second kappa shape index (κ2) is 21.4. The van der Waals surface area contributed by atoms with E-state index in [4.69, 9.17) is 16.3 Å². The van der Waals surface area contributed by atoms with Gasteiger partial charge in [0.2, 0.25) is 0 Å². The molecule has 34 heavy (non-hydrogen) atoms. The van der Waals surface area contributed by atoms with Gasteiger partial charge in [-0.15, -0.1) is 24.8 Å². The number of carbonyl (C=O) groups excluding carboxylic acids is 2. The molecule has 0 spiro atoms. The molecule has 1 amide bonds. The number of rotatable bonds is 12. The van der Waals surface area contributed by atoms with Crippen molar-refractivity contribution in [1.82, 2.24) is 5.48 Å². The lowest BCUT2D eigenvalue weighted by atomic mass is 10.0. The first-order chi connectivity index (χ1) is 14.6. The van der Waals surface area contributed by atoms with Crippen molar-refractivity contribution >= 4 is 36.7 Å². The minimum Gasteiger partial charge on any atom is -0.339 e. The van der Waals surface area contributed by atoms with Crippen LogP contribution in [0.4, 0.5) is 0 Å². The van der Waals surface area contributed by atoms with E-state index in [9.17, 15) is 9.59 Å². The van der Waals surface area contributed by atoms with Crippen LogP contribution in [0.25, 0.3) is 0 Å². The first kappa shape index (κ1) is 36.4. The van der Waals surface area contributed by atoms with Gasteiger partial charge in [0.1, 0.15) is 6.04 Å². The Kier molecular flexibility index (Phi) is 23.0. The Bertz CT molecular complexity index is 775. The summed E-state index contributed by atoms with van der Waals surface area (Å²) in [6.45, 7) is 0.560. The quantitative estimate of drug-likeness (QED) is 0.274. The standard InChI is InChI=1S/C24H33N3O3.2CH4.2ClH/c25-17-7-6-12-22(26)24(29)30-27-23(28)18-21-15-13-20(14-16-21)11-5-4-10-19-8-2-1-3-9-19;;;;/h1-3,8-9,13-16,22H,4-7,10-12,17-18,25-26H2,(H,27,28);2*1H4;2*1H/t22-;;;;/m0..../s1. The summed E-state index contributed by atoms with van der Waals surface area (Å²) in [6.07, 6.45) is 6.55. The van der Waals surface area contributed by atoms with Crippen molar-refractivity contribution in [2.45, 2.75) is 72.3 Å². The van der Waals surface area contributed by atoms with Gasteiger partial charge >= 0.3 is 5.97 Å². The lowest BCUT2D eigenvalue weighted by molar-refractivity contribution is -0.159. The molecule has 0 saturated heterocycles. The average Bonchev–Trinajstić information content (AvgIpc) is 2.77. The minimum absolute atomic E-state index is 0. The van der Waals surface area contributed by atoms with Crippen LogP contribution in [-0.2, 0) is 33.7 Å². The fourth-order valence-electron chi connectivity index (χ4n) is 3.16. The molecule has 6 nitrogen and oxygen atoms in total. The van der Waals surface area contributed by atoms with Gasteiger partial charge in [0, 0.05) is 0 Å². The summed E-state index contributed by atoms with van der Waals surface area (Å²) in [4.78, 5) is 28.5. The van der Waals surface area contributed by atoms with Crippen molar-refractivity contribution in [1.29, 1.82) is 0 Å². The molecular formula is C26H43Cl2N3O3. The fourth-order valence-corrected chi connectivity index (χ4v) is 3.16. The highest BCUT2D eigenvalue weighted by Crippen LogP contribution is 2.11. The Morgan fingerprint density at radius 1 is 0.794 bits per heavy atom. The van der Waals surface area contributed by atoms with Crippen molar-refractivity contribution in [2.24, 2.45) is 11.5 Å². The van der Waals surface area contributed by atoms with E-state index < -0.39 is 12.0 Å². The number of nitrogens with one attached hydrogen (secondary N) is 1. The van der Waals surface area contributed by atoms with Gasteiger partial charge in [0.05, 0.1) is 6.42 Å². The summed E-state index contributed by atoms with van der Waals surface area (Å²) >= 11 is 0. The number of benzene rings is 2. The van der Waals surface area contributed by atoms with E-state index in [2.05, 4.69) is 29.7 Å². The molecule has 2 aromatic rings. The monoisotopic (exact) mass is 515 g/mol. The Morgan fingerprint density at radius 3 is 1.88 bits per heavy atom. The molecule has 0 aliphatic heterocycles. The summed E-state index contributed by atoms with van der Waals surface area (Å²) in [5, 5.41) is 0. The van der Waals surface area contributed by atoms with E-state index in [1.165, 1.54) is 11.1 Å². The fraction of sp³-hybridized carbons (Fsp3) is 0.462. The van der Waals surface area contributed by atoms with Crippen LogP contribution < -0.4 is 16.9 Å². The van der Waals surface area contributed by atoms with Gasteiger partial charge in [0.25, 0.3) is 5.91 Å². The number of carbonyl (C=O) groups is 2. The zero-order chi connectivity index (χ0) is 21.6. The molecule has 2 rings (SSSR count). The van der Waals surface area contributed by atoms with Crippen molar-refractivity contribution in [3.63, 3.8) is 0 Å². The third-order valence-corrected chi connectivity index (χ3v) is 4.95. The molecule has 0 heterocycles. The summed E-state index contributed by atoms with van der Waals surface area (Å²) in [5.41, 5.74) is 16.8. The molecule has 0 saturated carbocycles. The van der Waals surface area contributed by atoms with Crippen molar-refractivity contribution in [3.8, 4) is 0 Å². The Labute approximate surface area is 218 Å². The van der Waals surface area contributed by atoms with Crippen LogP contribution in [0, 0.1) is 0 Å². The number of aryl methyl sites for hydroxylation is 2. The van der Waals surface area contributed by atoms with Crippen LogP contribution in [0.5, 0.6) is 0 Å². The number of amides is 1. The van der Waals surface area contributed by atoms with Crippen LogP contribution in [0.1, 0.15) is 63.6 Å². The average molecular weight is 517 g/mol. The number of unbranched alkanes of at least 4 members (excludes halogenated alkanes) is 2. The molecule has 0 aliphatic rings. The first-order valence-electron chi connectivity index (χ1n) is 10.7. The van der Waals surface area contributed by atoms with Gasteiger partial charge in [-0.1, -0.05) is 75.9 Å². The molecule has 0 unspecified atom stereocenters. The molecule has 8 heteroatoms. The summed E-state index contributed by atoms with van der Waals surface area (Å²) in [6, 6.07) is 17.7. The molecule has 194 valence electrons. The minimum atomic E-state index is -0.752. The van der Waals surface area contributed by atoms with Crippen LogP contribution in [0.15, 0.2) is 54.6 Å². The van der Waals surface area contributed by atoms with Crippen LogP contribution in [0.3, 0.4) is 0 Å². The molecule has 0 aliphatic carbocycles. The van der Waals surface area contributed by atoms with Gasteiger partial charge in [-0.05, 0) is 61.8 Å². The van der Waals surface area contributed by atoms with Crippen LogP contribution in [-0.4, -0.2) is 24.5 Å². The molecule has 0 aromatic heterocycles. The van der Waals surface area contributed by atoms with Crippen LogP contribution >= 0.6 is 24.8 Å². The van der Waals surface area contributed by atoms with E-state index in [-0.39, 0.29) is 52.0 Å². The third kappa shape index (κ3) is 14.9. The van der Waals surface area contributed by atoms with Crippen molar-refractivity contribution in [2.75, 3.05) is 6.54 Å². The van der Waals surface area contributed by atoms with Gasteiger partial charge in [-0.2, -0.15) is 5.48 Å². The number of halogens is 2. The van der Waals surface area contributed by atoms with E-state index in [0.717, 1.165) is 44.1 Å². The maximum Gasteiger partial charge on any atom is 0.348 e. The van der Waals surface area contributed by atoms with Gasteiger partial charge in [-0.3, -0.25) is 4.79 Å². The molecule has 0 bridgehead atoms. The third-order valence-electron chi connectivity index (χ3n) is 4.95. The van der Waals surface area contributed by atoms with Gasteiger partial charge in [-0.25, -0.2) is 4.79 Å². The molecular weight excluding hydrogens is 473 g/mol. The SMILES string of the molecule is C.C.Cl.Cl.NCCCC[C@H](N)C(=O)ONC(=O)Cc1ccc(CCCCc2ccccc2)cc1. The normalized spacial score (nSPS) is 10.3. The highest BCUT2D eigenvalue weighted by atomic mass is 35.5. The first-order valence-corrected chi connectivity index (χ1v) is 10.7. The second-order valence-electron chi connectivity index (χ2n) is 7.52. The van der Waals surface area contributed by atoms with Crippen molar-refractivity contribution in [3.05, 3.63) is 71.3 Å². The molecule has 2 aromatic carbocycles. The van der Waals surface area contributed by atoms with Crippen LogP contribution in [0.2, 0.25) is 0 Å². The van der Waals surface area contributed by atoms with E-state index in [1.54, 1.807) is 0 Å². The van der Waals surface area contributed by atoms with Gasteiger partial charge in [0.15, 0.2) is 0 Å². The zero-order valence-corrected chi connectivity index (χ0v) is 20.0. The number of hydrogen-bond acceptors (Lipinski definition) is 5. The summed E-state index contributed by atoms with van der Waals surface area (Å²) in [5.74, 6) is -1.01. The second-order valence-corrected chi connectivity index (χ2v) is 7.52.